The number of nitrogens with zero attached hydrogens (tertiary/aromatic N) is 2. The molecule has 10 nitrogen and oxygen atoms in total. The van der Waals surface area contributed by atoms with Gasteiger partial charge in [0, 0.05) is 12.5 Å². The van der Waals surface area contributed by atoms with Crippen molar-refractivity contribution < 1.29 is 37.1 Å². The molecule has 2 heterocycles. The molecule has 3 N–H and O–H groups in total. The summed E-state index contributed by atoms with van der Waals surface area (Å²) in [4.78, 5) is 52.8. The fourth-order valence-corrected chi connectivity index (χ4v) is 6.02. The Morgan fingerprint density at radius 2 is 1.76 bits per heavy atom. The largest absolute Gasteiger partial charge is 0.471 e. The van der Waals surface area contributed by atoms with Gasteiger partial charge >= 0.3 is 12.1 Å². The average molecular weight is 586 g/mol. The minimum absolute atomic E-state index is 0.0600. The van der Waals surface area contributed by atoms with E-state index in [9.17, 15) is 37.6 Å². The van der Waals surface area contributed by atoms with Crippen molar-refractivity contribution in [1.29, 1.82) is 5.26 Å². The standard InChI is InChI=1S/C28H42F3N5O5/c1-25(2,3)20(35-24(40)28(29,30)31)23(39)36-12-17-18(27(17,7)8)19(36)22(38)33-15(11-32)9-14-10-16(34-21(14)37)13-41-26(4,5)6/h14-20H,9-10,12-13H2,1-8H3,(H,33,38)(H,34,37)(H,35,40)/t14-,15?,16?,17+,18+,19+,20-/m1/s1. The molecule has 0 aromatic heterocycles. The van der Waals surface area contributed by atoms with Crippen LogP contribution in [-0.2, 0) is 23.9 Å². The number of nitriles is 1. The number of carbonyl (C=O) groups excluding carboxylic acids is 4. The molecule has 2 aliphatic heterocycles. The first kappa shape index (κ1) is 32.6. The summed E-state index contributed by atoms with van der Waals surface area (Å²) in [7, 11) is 0. The molecule has 230 valence electrons. The number of hydrogen-bond donors (Lipinski definition) is 3. The lowest BCUT2D eigenvalue weighted by atomic mass is 9.85. The Bertz CT molecular complexity index is 1100. The number of ether oxygens (including phenoxy) is 1. The van der Waals surface area contributed by atoms with Crippen molar-refractivity contribution in [1.82, 2.24) is 20.9 Å². The number of alkyl halides is 3. The van der Waals surface area contributed by atoms with Gasteiger partial charge in [0.2, 0.25) is 17.7 Å². The highest BCUT2D eigenvalue weighted by Gasteiger charge is 2.70. The van der Waals surface area contributed by atoms with Gasteiger partial charge in [-0.05, 0) is 56.3 Å². The molecule has 1 aliphatic carbocycles. The Balaban J connectivity index is 1.74. The summed E-state index contributed by atoms with van der Waals surface area (Å²) in [6, 6.07) is -1.78. The SMILES string of the molecule is CC(C)(C)OCC1C[C@@H](CC(C#N)NC(=O)[C@@H]2[C@@H]3[C@H](CN2C(=O)[C@@H](NC(=O)C(F)(F)F)C(C)(C)C)C3(C)C)C(=O)N1. The summed E-state index contributed by atoms with van der Waals surface area (Å²) in [5.74, 6) is -4.72. The second-order valence-electron chi connectivity index (χ2n) is 14.1. The molecular formula is C28H42F3N5O5. The van der Waals surface area contributed by atoms with Crippen LogP contribution in [0.25, 0.3) is 0 Å². The maximum Gasteiger partial charge on any atom is 0.471 e. The third-order valence-electron chi connectivity index (χ3n) is 8.40. The monoisotopic (exact) mass is 585 g/mol. The quantitative estimate of drug-likeness (QED) is 0.399. The molecule has 2 saturated heterocycles. The molecule has 41 heavy (non-hydrogen) atoms. The second-order valence-corrected chi connectivity index (χ2v) is 14.1. The smallest absolute Gasteiger partial charge is 0.374 e. The highest BCUT2D eigenvalue weighted by Crippen LogP contribution is 2.65. The van der Waals surface area contributed by atoms with Crippen molar-refractivity contribution in [2.75, 3.05) is 13.2 Å². The van der Waals surface area contributed by atoms with Crippen molar-refractivity contribution in [3.63, 3.8) is 0 Å². The summed E-state index contributed by atoms with van der Waals surface area (Å²) in [5.41, 5.74) is -1.76. The third kappa shape index (κ3) is 7.31. The van der Waals surface area contributed by atoms with Gasteiger partial charge < -0.3 is 25.6 Å². The van der Waals surface area contributed by atoms with Gasteiger partial charge in [-0.15, -0.1) is 0 Å². The first-order valence-corrected chi connectivity index (χ1v) is 13.9. The highest BCUT2D eigenvalue weighted by atomic mass is 19.4. The number of fused-ring (bicyclic) bond motifs is 1. The number of nitrogens with one attached hydrogen (secondary N) is 3. The van der Waals surface area contributed by atoms with Gasteiger partial charge in [0.15, 0.2) is 0 Å². The summed E-state index contributed by atoms with van der Waals surface area (Å²) < 4.78 is 44.9. The molecule has 0 radical (unpaired) electrons. The van der Waals surface area contributed by atoms with Crippen LogP contribution in [-0.4, -0.2) is 77.6 Å². The Morgan fingerprint density at radius 1 is 1.15 bits per heavy atom. The van der Waals surface area contributed by atoms with E-state index in [1.807, 2.05) is 46.0 Å². The molecule has 7 atom stereocenters. The lowest BCUT2D eigenvalue weighted by Crippen LogP contribution is -2.61. The second kappa shape index (κ2) is 11.1. The molecule has 0 spiro atoms. The van der Waals surface area contributed by atoms with Crippen molar-refractivity contribution in [2.45, 2.75) is 104 Å². The summed E-state index contributed by atoms with van der Waals surface area (Å²) in [5, 5.41) is 17.2. The molecule has 13 heteroatoms. The van der Waals surface area contributed by atoms with E-state index < -0.39 is 53.4 Å². The first-order valence-electron chi connectivity index (χ1n) is 13.9. The van der Waals surface area contributed by atoms with Crippen LogP contribution in [0.4, 0.5) is 13.2 Å². The summed E-state index contributed by atoms with van der Waals surface area (Å²) >= 11 is 0. The summed E-state index contributed by atoms with van der Waals surface area (Å²) in [6.07, 6.45) is -4.69. The van der Waals surface area contributed by atoms with E-state index in [1.165, 1.54) is 25.7 Å². The normalized spacial score (nSPS) is 28.7. The number of piperidine rings is 1. The Kier molecular flexibility index (Phi) is 8.82. The number of amides is 4. The minimum Gasteiger partial charge on any atom is -0.374 e. The van der Waals surface area contributed by atoms with Gasteiger partial charge in [-0.3, -0.25) is 19.2 Å². The molecular weight excluding hydrogens is 543 g/mol. The van der Waals surface area contributed by atoms with Gasteiger partial charge in [0.1, 0.15) is 18.1 Å². The van der Waals surface area contributed by atoms with Crippen LogP contribution in [0.3, 0.4) is 0 Å². The molecule has 0 aromatic carbocycles. The van der Waals surface area contributed by atoms with E-state index in [0.717, 1.165) is 0 Å². The number of rotatable bonds is 8. The van der Waals surface area contributed by atoms with Gasteiger partial charge in [0.25, 0.3) is 0 Å². The first-order chi connectivity index (χ1) is 18.6. The van der Waals surface area contributed by atoms with E-state index in [1.54, 1.807) is 0 Å². The van der Waals surface area contributed by atoms with E-state index >= 15 is 0 Å². The van der Waals surface area contributed by atoms with E-state index in [0.29, 0.717) is 13.0 Å². The fourth-order valence-electron chi connectivity index (χ4n) is 6.02. The Hall–Kier alpha value is -2.88. The molecule has 3 rings (SSSR count). The molecule has 0 aromatic rings. The Morgan fingerprint density at radius 3 is 2.27 bits per heavy atom. The van der Waals surface area contributed by atoms with Gasteiger partial charge in [-0.2, -0.15) is 18.4 Å². The van der Waals surface area contributed by atoms with Gasteiger partial charge in [-0.1, -0.05) is 34.6 Å². The molecule has 3 aliphatic rings. The third-order valence-corrected chi connectivity index (χ3v) is 8.40. The van der Waals surface area contributed by atoms with Crippen LogP contribution in [0, 0.1) is 39.9 Å². The maximum atomic E-state index is 13.6. The predicted octanol–water partition coefficient (Wildman–Crippen LogP) is 2.28. The van der Waals surface area contributed by atoms with Crippen LogP contribution < -0.4 is 16.0 Å². The number of hydrogen-bond acceptors (Lipinski definition) is 6. The van der Waals surface area contributed by atoms with Crippen LogP contribution in [0.1, 0.15) is 68.2 Å². The molecule has 2 unspecified atom stereocenters. The number of likely N-dealkylation sites (tertiary alicyclic amines) is 1. The molecule has 4 amide bonds. The van der Waals surface area contributed by atoms with E-state index in [-0.39, 0.29) is 47.8 Å². The number of halogens is 3. The zero-order valence-electron chi connectivity index (χ0n) is 24.9. The van der Waals surface area contributed by atoms with Crippen molar-refractivity contribution in [3.8, 4) is 6.07 Å². The van der Waals surface area contributed by atoms with Crippen LogP contribution in [0.15, 0.2) is 0 Å². The van der Waals surface area contributed by atoms with Crippen molar-refractivity contribution in [3.05, 3.63) is 0 Å². The van der Waals surface area contributed by atoms with Crippen LogP contribution >= 0.6 is 0 Å². The predicted molar refractivity (Wildman–Crippen MR) is 142 cm³/mol. The Labute approximate surface area is 239 Å². The van der Waals surface area contributed by atoms with Gasteiger partial charge in [0.05, 0.1) is 24.3 Å². The minimum atomic E-state index is -5.18. The molecule has 0 bridgehead atoms. The fraction of sp³-hybridized carbons (Fsp3) is 0.821. The van der Waals surface area contributed by atoms with E-state index in [2.05, 4.69) is 10.6 Å². The maximum absolute atomic E-state index is 13.6. The topological polar surface area (TPSA) is 141 Å². The van der Waals surface area contributed by atoms with Gasteiger partial charge in [-0.25, -0.2) is 0 Å². The zero-order chi connectivity index (χ0) is 31.3. The average Bonchev–Trinajstić information content (AvgIpc) is 3.15. The van der Waals surface area contributed by atoms with Crippen LogP contribution in [0.5, 0.6) is 0 Å². The zero-order valence-corrected chi connectivity index (χ0v) is 24.9. The number of carbonyl (C=O) groups is 4. The molecule has 3 fully saturated rings. The highest BCUT2D eigenvalue weighted by molar-refractivity contribution is 5.95. The molecule has 1 saturated carbocycles. The lowest BCUT2D eigenvalue weighted by Gasteiger charge is -2.37. The van der Waals surface area contributed by atoms with Crippen molar-refractivity contribution >= 4 is 23.6 Å². The van der Waals surface area contributed by atoms with Crippen LogP contribution in [0.2, 0.25) is 0 Å². The van der Waals surface area contributed by atoms with E-state index in [4.69, 9.17) is 4.74 Å². The lowest BCUT2D eigenvalue weighted by molar-refractivity contribution is -0.176. The van der Waals surface area contributed by atoms with Crippen molar-refractivity contribution in [2.24, 2.45) is 28.6 Å². The summed E-state index contributed by atoms with van der Waals surface area (Å²) in [6.45, 7) is 14.6.